The van der Waals surface area contributed by atoms with E-state index in [4.69, 9.17) is 4.74 Å². The van der Waals surface area contributed by atoms with Gasteiger partial charge in [0.2, 0.25) is 11.9 Å². The molecule has 1 aromatic heterocycles. The van der Waals surface area contributed by atoms with Crippen LogP contribution in [0.1, 0.15) is 39.3 Å². The lowest BCUT2D eigenvalue weighted by Gasteiger charge is -2.35. The van der Waals surface area contributed by atoms with Crippen LogP contribution in [-0.4, -0.2) is 46.3 Å². The number of benzene rings is 1. The predicted molar refractivity (Wildman–Crippen MR) is 109 cm³/mol. The Hall–Kier alpha value is -3.16. The Morgan fingerprint density at radius 1 is 1.24 bits per heavy atom. The van der Waals surface area contributed by atoms with Crippen molar-refractivity contribution in [3.05, 3.63) is 53.5 Å². The van der Waals surface area contributed by atoms with E-state index in [9.17, 15) is 9.59 Å². The van der Waals surface area contributed by atoms with Crippen LogP contribution in [-0.2, 0) is 14.3 Å². The molecule has 29 heavy (non-hydrogen) atoms. The van der Waals surface area contributed by atoms with Crippen molar-refractivity contribution in [2.24, 2.45) is 5.92 Å². The average molecular weight is 397 g/mol. The molecule has 0 radical (unpaired) electrons. The van der Waals surface area contributed by atoms with Gasteiger partial charge in [-0.3, -0.25) is 4.79 Å². The first-order chi connectivity index (χ1) is 13.9. The van der Waals surface area contributed by atoms with Gasteiger partial charge in [0.05, 0.1) is 12.2 Å². The fraction of sp³-hybridized carbons (Fsp3) is 0.429. The van der Waals surface area contributed by atoms with Gasteiger partial charge in [0, 0.05) is 12.2 Å². The van der Waals surface area contributed by atoms with Crippen molar-refractivity contribution in [3.63, 3.8) is 0 Å². The number of nitrogens with zero attached hydrogens (tertiary/aromatic N) is 4. The van der Waals surface area contributed by atoms with E-state index in [2.05, 4.69) is 15.4 Å². The zero-order valence-electron chi connectivity index (χ0n) is 17.3. The van der Waals surface area contributed by atoms with Crippen molar-refractivity contribution in [1.29, 1.82) is 0 Å². The van der Waals surface area contributed by atoms with Crippen LogP contribution in [0.3, 0.4) is 0 Å². The summed E-state index contributed by atoms with van der Waals surface area (Å²) in [4.78, 5) is 31.5. The Morgan fingerprint density at radius 3 is 2.62 bits per heavy atom. The summed E-state index contributed by atoms with van der Waals surface area (Å²) >= 11 is 0. The second-order valence-corrected chi connectivity index (χ2v) is 7.32. The summed E-state index contributed by atoms with van der Waals surface area (Å²) in [7, 11) is 0. The first-order valence-corrected chi connectivity index (χ1v) is 9.80. The van der Waals surface area contributed by atoms with Crippen LogP contribution in [0.15, 0.2) is 47.9 Å². The van der Waals surface area contributed by atoms with Crippen LogP contribution < -0.4 is 10.2 Å². The molecule has 1 aromatic carbocycles. The Labute approximate surface area is 170 Å². The number of amides is 1. The Bertz CT molecular complexity index is 904. The summed E-state index contributed by atoms with van der Waals surface area (Å²) in [6.45, 7) is 8.54. The number of allylic oxidation sites excluding steroid dienone is 1. The summed E-state index contributed by atoms with van der Waals surface area (Å²) in [5, 5.41) is 7.27. The van der Waals surface area contributed by atoms with Gasteiger partial charge >= 0.3 is 5.97 Å². The van der Waals surface area contributed by atoms with Crippen molar-refractivity contribution < 1.29 is 14.3 Å². The maximum Gasteiger partial charge on any atom is 0.338 e. The summed E-state index contributed by atoms with van der Waals surface area (Å²) in [6, 6.07) is 9.15. The van der Waals surface area contributed by atoms with Crippen molar-refractivity contribution in [2.75, 3.05) is 24.6 Å². The van der Waals surface area contributed by atoms with Crippen molar-refractivity contribution in [3.8, 4) is 0 Å². The molecule has 3 rings (SSSR count). The first kappa shape index (κ1) is 20.6. The molecule has 2 heterocycles. The highest BCUT2D eigenvalue weighted by Gasteiger charge is 2.38. The monoisotopic (exact) mass is 397 g/mol. The molecule has 0 spiro atoms. The van der Waals surface area contributed by atoms with E-state index in [1.165, 1.54) is 6.33 Å². The molecule has 1 N–H and O–H groups in total. The maximum atomic E-state index is 12.9. The fourth-order valence-electron chi connectivity index (χ4n) is 3.35. The highest BCUT2D eigenvalue weighted by Crippen LogP contribution is 2.38. The molecule has 1 amide bonds. The Morgan fingerprint density at radius 2 is 1.97 bits per heavy atom. The van der Waals surface area contributed by atoms with Crippen molar-refractivity contribution in [2.45, 2.75) is 33.7 Å². The third-order valence-electron chi connectivity index (χ3n) is 4.73. The minimum Gasteiger partial charge on any atom is -0.463 e. The first-order valence-electron chi connectivity index (χ1n) is 9.80. The van der Waals surface area contributed by atoms with Gasteiger partial charge in [0.1, 0.15) is 18.9 Å². The molecule has 1 aliphatic heterocycles. The third-order valence-corrected chi connectivity index (χ3v) is 4.73. The van der Waals surface area contributed by atoms with Gasteiger partial charge in [-0.2, -0.15) is 10.1 Å². The quantitative estimate of drug-likeness (QED) is 0.721. The van der Waals surface area contributed by atoms with E-state index in [0.29, 0.717) is 29.7 Å². The summed E-state index contributed by atoms with van der Waals surface area (Å²) in [6.07, 6.45) is 1.44. The van der Waals surface area contributed by atoms with E-state index in [1.807, 2.05) is 51.1 Å². The van der Waals surface area contributed by atoms with Gasteiger partial charge in [0.25, 0.3) is 0 Å². The van der Waals surface area contributed by atoms with Crippen LogP contribution in [0.25, 0.3) is 0 Å². The number of aromatic nitrogens is 3. The van der Waals surface area contributed by atoms with Gasteiger partial charge in [-0.1, -0.05) is 44.2 Å². The standard InChI is InChI=1S/C21H27N5O3/c1-5-29-20(28)18-15(4)25(12-17(27)22-11-14(2)3)21-23-13-24-26(21)19(18)16-9-7-6-8-10-16/h6-10,13-14,19H,5,11-12H2,1-4H3,(H,22,27)/t19-/m1/s1. The van der Waals surface area contributed by atoms with Crippen molar-refractivity contribution in [1.82, 2.24) is 20.1 Å². The topological polar surface area (TPSA) is 89.3 Å². The number of carbonyl (C=O) groups excluding carboxylic acids is 2. The van der Waals surface area contributed by atoms with E-state index in [0.717, 1.165) is 5.56 Å². The lowest BCUT2D eigenvalue weighted by atomic mass is 9.95. The Balaban J connectivity index is 2.04. The third kappa shape index (κ3) is 4.31. The van der Waals surface area contributed by atoms with E-state index < -0.39 is 12.0 Å². The number of carbonyl (C=O) groups is 2. The SMILES string of the molecule is CCOC(=O)C1=C(C)N(CC(=O)NCC(C)C)c2ncnn2[C@@H]1c1ccccc1. The highest BCUT2D eigenvalue weighted by molar-refractivity contribution is 5.93. The second kappa shape index (κ2) is 8.89. The lowest BCUT2D eigenvalue weighted by Crippen LogP contribution is -2.43. The molecule has 0 saturated heterocycles. The number of rotatable bonds is 7. The number of fused-ring (bicyclic) bond motifs is 1. The van der Waals surface area contributed by atoms with Crippen LogP contribution in [0.2, 0.25) is 0 Å². The van der Waals surface area contributed by atoms with Gasteiger partial charge < -0.3 is 15.0 Å². The molecule has 8 nitrogen and oxygen atoms in total. The van der Waals surface area contributed by atoms with Gasteiger partial charge in [-0.05, 0) is 25.3 Å². The molecule has 8 heteroatoms. The molecule has 0 aliphatic carbocycles. The van der Waals surface area contributed by atoms with E-state index in [-0.39, 0.29) is 19.1 Å². The van der Waals surface area contributed by atoms with Crippen LogP contribution in [0.5, 0.6) is 0 Å². The zero-order valence-corrected chi connectivity index (χ0v) is 17.3. The maximum absolute atomic E-state index is 12.9. The lowest BCUT2D eigenvalue weighted by molar-refractivity contribution is -0.139. The summed E-state index contributed by atoms with van der Waals surface area (Å²) in [5.74, 6) is 0.295. The van der Waals surface area contributed by atoms with Crippen molar-refractivity contribution >= 4 is 17.8 Å². The van der Waals surface area contributed by atoms with Crippen LogP contribution in [0, 0.1) is 5.92 Å². The molecule has 0 fully saturated rings. The molecule has 0 unspecified atom stereocenters. The molecule has 154 valence electrons. The second-order valence-electron chi connectivity index (χ2n) is 7.32. The number of anilines is 1. The molecule has 2 aromatic rings. The minimum atomic E-state index is -0.470. The van der Waals surface area contributed by atoms with Gasteiger partial charge in [-0.15, -0.1) is 0 Å². The average Bonchev–Trinajstić information content (AvgIpc) is 3.18. The van der Waals surface area contributed by atoms with E-state index in [1.54, 1.807) is 16.5 Å². The molecule has 0 bridgehead atoms. The van der Waals surface area contributed by atoms with Crippen LogP contribution in [0.4, 0.5) is 5.95 Å². The molecule has 1 aliphatic rings. The van der Waals surface area contributed by atoms with Crippen LogP contribution >= 0.6 is 0 Å². The fourth-order valence-corrected chi connectivity index (χ4v) is 3.35. The number of esters is 1. The molecule has 1 atom stereocenters. The molecule has 0 saturated carbocycles. The summed E-state index contributed by atoms with van der Waals surface area (Å²) < 4.78 is 7.01. The number of hydrogen-bond donors (Lipinski definition) is 1. The van der Waals surface area contributed by atoms with Gasteiger partial charge in [0.15, 0.2) is 0 Å². The smallest absolute Gasteiger partial charge is 0.338 e. The predicted octanol–water partition coefficient (Wildman–Crippen LogP) is 2.30. The number of hydrogen-bond acceptors (Lipinski definition) is 6. The van der Waals surface area contributed by atoms with E-state index >= 15 is 0 Å². The minimum absolute atomic E-state index is 0.0433. The largest absolute Gasteiger partial charge is 0.463 e. The number of nitrogens with one attached hydrogen (secondary N) is 1. The molecular formula is C21H27N5O3. The normalized spacial score (nSPS) is 16.0. The highest BCUT2D eigenvalue weighted by atomic mass is 16.5. The Kier molecular flexibility index (Phi) is 6.31. The molecular weight excluding hydrogens is 370 g/mol. The number of ether oxygens (including phenoxy) is 1. The zero-order chi connectivity index (χ0) is 21.0. The summed E-state index contributed by atoms with van der Waals surface area (Å²) in [5.41, 5.74) is 1.98. The van der Waals surface area contributed by atoms with Gasteiger partial charge in [-0.25, -0.2) is 9.48 Å².